The van der Waals surface area contributed by atoms with Crippen molar-refractivity contribution in [2.24, 2.45) is 0 Å². The second-order valence-electron chi connectivity index (χ2n) is 7.37. The van der Waals surface area contributed by atoms with Gasteiger partial charge in [0.25, 0.3) is 0 Å². The molecule has 0 bridgehead atoms. The van der Waals surface area contributed by atoms with Crippen LogP contribution in [0.3, 0.4) is 0 Å². The zero-order valence-electron chi connectivity index (χ0n) is 15.4. The normalized spacial score (nSPS) is 17.3. The van der Waals surface area contributed by atoms with Gasteiger partial charge in [0.2, 0.25) is 0 Å². The van der Waals surface area contributed by atoms with Crippen LogP contribution < -0.4 is 0 Å². The molecule has 0 N–H and O–H groups in total. The summed E-state index contributed by atoms with van der Waals surface area (Å²) in [5, 5.41) is 0. The molecular formula is C24H27S+. The van der Waals surface area contributed by atoms with Gasteiger partial charge in [0.05, 0.1) is 10.9 Å². The molecule has 0 aliphatic heterocycles. The van der Waals surface area contributed by atoms with E-state index in [1.165, 1.54) is 20.3 Å². The molecular weight excluding hydrogens is 320 g/mol. The summed E-state index contributed by atoms with van der Waals surface area (Å²) < 4.78 is 0. The maximum absolute atomic E-state index is 2.32. The van der Waals surface area contributed by atoms with Gasteiger partial charge in [-0.25, -0.2) is 0 Å². The molecule has 1 aliphatic carbocycles. The first-order valence-electron chi connectivity index (χ1n) is 8.99. The zero-order valence-corrected chi connectivity index (χ0v) is 16.2. The molecule has 2 aromatic carbocycles. The summed E-state index contributed by atoms with van der Waals surface area (Å²) in [4.78, 5) is 4.13. The average molecular weight is 348 g/mol. The smallest absolute Gasteiger partial charge is 0.0840 e. The largest absolute Gasteiger partial charge is 0.166 e. The Balaban J connectivity index is 2.05. The number of allylic oxidation sites excluding steroid dienone is 5. The van der Waals surface area contributed by atoms with E-state index < -0.39 is 0 Å². The highest BCUT2D eigenvalue weighted by molar-refractivity contribution is 8.00. The molecule has 0 heterocycles. The average Bonchev–Trinajstić information content (AvgIpc) is 2.57. The Bertz CT molecular complexity index is 771. The molecule has 1 atom stereocenters. The van der Waals surface area contributed by atoms with E-state index in [4.69, 9.17) is 0 Å². The third-order valence-electron chi connectivity index (χ3n) is 4.35. The fraction of sp³-hybridized carbons (Fsp3) is 0.250. The van der Waals surface area contributed by atoms with Gasteiger partial charge in [0.1, 0.15) is 0 Å². The van der Waals surface area contributed by atoms with Gasteiger partial charge in [-0.3, -0.25) is 0 Å². The number of hydrogen-bond donors (Lipinski definition) is 0. The van der Waals surface area contributed by atoms with Gasteiger partial charge in [-0.05, 0) is 60.2 Å². The van der Waals surface area contributed by atoms with Crippen molar-refractivity contribution >= 4 is 10.9 Å². The van der Waals surface area contributed by atoms with E-state index >= 15 is 0 Å². The van der Waals surface area contributed by atoms with E-state index in [1.54, 1.807) is 0 Å². The molecule has 0 saturated carbocycles. The lowest BCUT2D eigenvalue weighted by molar-refractivity contribution is 0.589. The van der Waals surface area contributed by atoms with Gasteiger partial charge in [-0.15, -0.1) is 0 Å². The summed E-state index contributed by atoms with van der Waals surface area (Å²) in [6.07, 6.45) is 13.6. The van der Waals surface area contributed by atoms with Crippen molar-refractivity contribution in [3.63, 3.8) is 0 Å². The Kier molecular flexibility index (Phi) is 5.65. The molecule has 0 saturated heterocycles. The van der Waals surface area contributed by atoms with E-state index in [9.17, 15) is 0 Å². The van der Waals surface area contributed by atoms with Gasteiger partial charge < -0.3 is 0 Å². The van der Waals surface area contributed by atoms with Crippen molar-refractivity contribution in [3.05, 3.63) is 95.4 Å². The van der Waals surface area contributed by atoms with Crippen molar-refractivity contribution in [3.8, 4) is 0 Å². The van der Waals surface area contributed by atoms with Crippen molar-refractivity contribution in [2.75, 3.05) is 0 Å². The second-order valence-corrected chi connectivity index (χ2v) is 9.40. The molecule has 0 radical (unpaired) electrons. The van der Waals surface area contributed by atoms with Gasteiger partial charge in [-0.2, -0.15) is 0 Å². The Morgan fingerprint density at radius 1 is 0.760 bits per heavy atom. The van der Waals surface area contributed by atoms with Crippen LogP contribution in [0.25, 0.3) is 0 Å². The zero-order chi connectivity index (χ0) is 17.7. The van der Waals surface area contributed by atoms with Crippen LogP contribution in [-0.4, -0.2) is 0 Å². The summed E-state index contributed by atoms with van der Waals surface area (Å²) in [6.45, 7) is 6.80. The lowest BCUT2D eigenvalue weighted by atomic mass is 9.87. The molecule has 0 amide bonds. The van der Waals surface area contributed by atoms with Crippen LogP contribution in [0.4, 0.5) is 0 Å². The summed E-state index contributed by atoms with van der Waals surface area (Å²) in [5.74, 6) is 0. The molecule has 128 valence electrons. The lowest BCUT2D eigenvalue weighted by Gasteiger charge is -2.19. The highest BCUT2D eigenvalue weighted by Gasteiger charge is 2.29. The summed E-state index contributed by atoms with van der Waals surface area (Å²) in [7, 11) is -0.0685. The van der Waals surface area contributed by atoms with Crippen LogP contribution >= 0.6 is 0 Å². The Labute approximate surface area is 155 Å². The summed E-state index contributed by atoms with van der Waals surface area (Å²) >= 11 is 0. The van der Waals surface area contributed by atoms with E-state index in [0.717, 1.165) is 12.8 Å². The molecule has 0 fully saturated rings. The predicted molar refractivity (Wildman–Crippen MR) is 111 cm³/mol. The number of benzene rings is 2. The molecule has 3 rings (SSSR count). The van der Waals surface area contributed by atoms with Crippen molar-refractivity contribution in [2.45, 2.75) is 48.8 Å². The molecule has 25 heavy (non-hydrogen) atoms. The van der Waals surface area contributed by atoms with Crippen molar-refractivity contribution < 1.29 is 0 Å². The Morgan fingerprint density at radius 2 is 1.40 bits per heavy atom. The maximum Gasteiger partial charge on any atom is 0.166 e. The highest BCUT2D eigenvalue weighted by atomic mass is 32.2. The minimum Gasteiger partial charge on any atom is -0.0840 e. The second kappa shape index (κ2) is 7.93. The van der Waals surface area contributed by atoms with Gasteiger partial charge in [-0.1, -0.05) is 69.3 Å². The maximum atomic E-state index is 2.32. The van der Waals surface area contributed by atoms with Gasteiger partial charge in [0, 0.05) is 0 Å². The topological polar surface area (TPSA) is 0 Å². The van der Waals surface area contributed by atoms with E-state index in [0.29, 0.717) is 0 Å². The monoisotopic (exact) mass is 347 g/mol. The van der Waals surface area contributed by atoms with Crippen LogP contribution in [0.15, 0.2) is 99.7 Å². The van der Waals surface area contributed by atoms with Crippen LogP contribution in [0.2, 0.25) is 0 Å². The molecule has 0 spiro atoms. The SMILES string of the molecule is CC(C)(C)c1ccc([S+](C2=C/C=C/CCC=C2)c2ccccc2)cc1. The molecule has 2 aromatic rings. The fourth-order valence-corrected chi connectivity index (χ4v) is 5.00. The summed E-state index contributed by atoms with van der Waals surface area (Å²) in [5.41, 5.74) is 1.57. The molecule has 1 heteroatoms. The van der Waals surface area contributed by atoms with E-state index in [1.807, 2.05) is 0 Å². The standard InChI is InChI=1S/C24H27S/c1-24(2,3)20-16-18-23(19-17-20)25(22-14-10-7-11-15-22)21-12-8-5-4-6-9-13-21/h5,7-19H,4,6H2,1-3H3/q+1/b8-5+,13-9?,21-12?. The first-order valence-corrected chi connectivity index (χ1v) is 10.2. The lowest BCUT2D eigenvalue weighted by Crippen LogP contribution is -2.12. The predicted octanol–water partition coefficient (Wildman–Crippen LogP) is 6.81. The van der Waals surface area contributed by atoms with Gasteiger partial charge in [0.15, 0.2) is 14.7 Å². The van der Waals surface area contributed by atoms with Crippen LogP contribution in [0.1, 0.15) is 39.2 Å². The van der Waals surface area contributed by atoms with Crippen LogP contribution in [0.5, 0.6) is 0 Å². The van der Waals surface area contributed by atoms with Crippen molar-refractivity contribution in [1.29, 1.82) is 0 Å². The first-order chi connectivity index (χ1) is 12.1. The van der Waals surface area contributed by atoms with Crippen LogP contribution in [0, 0.1) is 0 Å². The minimum atomic E-state index is -0.0685. The third-order valence-corrected chi connectivity index (χ3v) is 6.58. The summed E-state index contributed by atoms with van der Waals surface area (Å²) in [6, 6.07) is 20.1. The number of rotatable bonds is 3. The molecule has 1 aliphatic rings. The quantitative estimate of drug-likeness (QED) is 0.535. The van der Waals surface area contributed by atoms with E-state index in [2.05, 4.69) is 106 Å². The minimum absolute atomic E-state index is 0.0685. The molecule has 1 unspecified atom stereocenters. The Hall–Kier alpha value is -1.99. The van der Waals surface area contributed by atoms with Crippen molar-refractivity contribution in [1.82, 2.24) is 0 Å². The molecule has 0 nitrogen and oxygen atoms in total. The Morgan fingerprint density at radius 3 is 2.08 bits per heavy atom. The van der Waals surface area contributed by atoms with E-state index in [-0.39, 0.29) is 16.3 Å². The van der Waals surface area contributed by atoms with Gasteiger partial charge >= 0.3 is 0 Å². The fourth-order valence-electron chi connectivity index (χ4n) is 2.90. The van der Waals surface area contributed by atoms with Crippen LogP contribution in [-0.2, 0) is 16.3 Å². The highest BCUT2D eigenvalue weighted by Crippen LogP contribution is 2.33. The molecule has 0 aromatic heterocycles. The first kappa shape index (κ1) is 17.8. The third kappa shape index (κ3) is 4.55. The number of hydrogen-bond acceptors (Lipinski definition) is 0.